The Kier molecular flexibility index (Phi) is 4.86. The molecule has 4 heteroatoms. The van der Waals surface area contributed by atoms with Crippen molar-refractivity contribution in [2.24, 2.45) is 5.92 Å². The quantitative estimate of drug-likeness (QED) is 0.622. The van der Waals surface area contributed by atoms with Gasteiger partial charge in [-0.05, 0) is 13.3 Å². The Morgan fingerprint density at radius 2 is 2.08 bits per heavy atom. The fourth-order valence-electron chi connectivity index (χ4n) is 1.42. The third-order valence-corrected chi connectivity index (χ3v) is 3.12. The van der Waals surface area contributed by atoms with Crippen molar-refractivity contribution in [3.05, 3.63) is 0 Å². The molecule has 4 atom stereocenters. The molecule has 1 rings (SSSR count). The number of carbonyl (C=O) groups is 1. The van der Waals surface area contributed by atoms with E-state index in [1.165, 1.54) is 6.92 Å². The zero-order valence-corrected chi connectivity index (χ0v) is 8.97. The van der Waals surface area contributed by atoms with Crippen LogP contribution in [0.1, 0.15) is 27.2 Å². The molecule has 2 nitrogen and oxygen atoms in total. The lowest BCUT2D eigenvalue weighted by molar-refractivity contribution is -0.0979. The predicted molar refractivity (Wildman–Crippen MR) is 50.6 cm³/mol. The molecule has 0 aromatic heterocycles. The minimum Gasteiger partial charge on any atom is -0.355 e. The summed E-state index contributed by atoms with van der Waals surface area (Å²) < 4.78 is 18.8. The predicted octanol–water partition coefficient (Wildman–Crippen LogP) is 2.54. The smallest absolute Gasteiger partial charge is 0.165 e. The number of halogens is 2. The standard InChI is InChI=1S/C8H14ClFO.CH2O/c1-4-6-5(2)8(3,10)7(9)11-6;1-2/h5-7H,4H2,1-3H3;1H2/t5-,6-,7?,8-;/m1./s1. The van der Waals surface area contributed by atoms with Crippen LogP contribution < -0.4 is 0 Å². The average Bonchev–Trinajstić information content (AvgIpc) is 2.32. The summed E-state index contributed by atoms with van der Waals surface area (Å²) in [7, 11) is 0. The molecule has 0 aromatic rings. The Labute approximate surface area is 83.4 Å². The zero-order chi connectivity index (χ0) is 10.6. The summed E-state index contributed by atoms with van der Waals surface area (Å²) in [6.07, 6.45) is 0.802. The van der Waals surface area contributed by atoms with E-state index in [2.05, 4.69) is 0 Å². The van der Waals surface area contributed by atoms with E-state index >= 15 is 0 Å². The fraction of sp³-hybridized carbons (Fsp3) is 0.889. The van der Waals surface area contributed by atoms with Crippen molar-refractivity contribution in [1.29, 1.82) is 0 Å². The van der Waals surface area contributed by atoms with Crippen LogP contribution in [0.15, 0.2) is 0 Å². The second-order valence-electron chi connectivity index (χ2n) is 3.34. The highest BCUT2D eigenvalue weighted by Gasteiger charge is 2.50. The van der Waals surface area contributed by atoms with Crippen LogP contribution in [0.2, 0.25) is 0 Å². The van der Waals surface area contributed by atoms with E-state index in [4.69, 9.17) is 21.1 Å². The number of hydrogen-bond acceptors (Lipinski definition) is 2. The van der Waals surface area contributed by atoms with Crippen molar-refractivity contribution in [2.45, 2.75) is 44.5 Å². The van der Waals surface area contributed by atoms with E-state index in [0.29, 0.717) is 0 Å². The zero-order valence-electron chi connectivity index (χ0n) is 8.22. The van der Waals surface area contributed by atoms with Gasteiger partial charge in [0.15, 0.2) is 11.2 Å². The van der Waals surface area contributed by atoms with Crippen LogP contribution in [-0.2, 0) is 9.53 Å². The lowest BCUT2D eigenvalue weighted by Crippen LogP contribution is -2.32. The van der Waals surface area contributed by atoms with Crippen molar-refractivity contribution in [1.82, 2.24) is 0 Å². The van der Waals surface area contributed by atoms with Gasteiger partial charge < -0.3 is 9.53 Å². The molecule has 0 N–H and O–H groups in total. The van der Waals surface area contributed by atoms with Crippen molar-refractivity contribution in [2.75, 3.05) is 0 Å². The van der Waals surface area contributed by atoms with Crippen LogP contribution in [0.5, 0.6) is 0 Å². The molecule has 0 aromatic carbocycles. The largest absolute Gasteiger partial charge is 0.355 e. The SMILES string of the molecule is C=O.CC[C@H]1OC(Cl)[C@](C)(F)[C@@H]1C. The summed E-state index contributed by atoms with van der Waals surface area (Å²) in [4.78, 5) is 8.00. The van der Waals surface area contributed by atoms with Crippen LogP contribution in [0.4, 0.5) is 4.39 Å². The van der Waals surface area contributed by atoms with Gasteiger partial charge in [0.25, 0.3) is 0 Å². The molecular weight excluding hydrogens is 195 g/mol. The molecule has 1 aliphatic rings. The van der Waals surface area contributed by atoms with Gasteiger partial charge in [-0.1, -0.05) is 25.4 Å². The van der Waals surface area contributed by atoms with Crippen molar-refractivity contribution in [3.63, 3.8) is 0 Å². The molecule has 0 aliphatic carbocycles. The Bertz CT molecular complexity index is 164. The van der Waals surface area contributed by atoms with Crippen molar-refractivity contribution < 1.29 is 13.9 Å². The molecule has 13 heavy (non-hydrogen) atoms. The molecule has 78 valence electrons. The highest BCUT2D eigenvalue weighted by atomic mass is 35.5. The monoisotopic (exact) mass is 210 g/mol. The van der Waals surface area contributed by atoms with E-state index in [1.54, 1.807) is 0 Å². The minimum atomic E-state index is -1.37. The molecule has 0 radical (unpaired) electrons. The maximum absolute atomic E-state index is 13.6. The van der Waals surface area contributed by atoms with Gasteiger partial charge >= 0.3 is 0 Å². The third kappa shape index (κ3) is 2.41. The second kappa shape index (κ2) is 4.91. The lowest BCUT2D eigenvalue weighted by Gasteiger charge is -2.20. The number of carbonyl (C=O) groups excluding carboxylic acids is 1. The Morgan fingerprint density at radius 3 is 2.23 bits per heavy atom. The highest BCUT2D eigenvalue weighted by Crippen LogP contribution is 2.41. The number of alkyl halides is 2. The van der Waals surface area contributed by atoms with E-state index in [0.717, 1.165) is 6.42 Å². The van der Waals surface area contributed by atoms with Crippen LogP contribution in [-0.4, -0.2) is 24.1 Å². The molecule has 0 bridgehead atoms. The van der Waals surface area contributed by atoms with Gasteiger partial charge in [-0.15, -0.1) is 0 Å². The maximum atomic E-state index is 13.6. The topological polar surface area (TPSA) is 26.3 Å². The molecule has 1 fully saturated rings. The van der Waals surface area contributed by atoms with Gasteiger partial charge in [0.05, 0.1) is 6.10 Å². The minimum absolute atomic E-state index is 0.0208. The first kappa shape index (κ1) is 12.8. The summed E-state index contributed by atoms with van der Waals surface area (Å²) in [6, 6.07) is 0. The molecule has 1 heterocycles. The molecule has 1 unspecified atom stereocenters. The van der Waals surface area contributed by atoms with Gasteiger partial charge in [0, 0.05) is 5.92 Å². The first-order valence-corrected chi connectivity index (χ1v) is 4.71. The van der Waals surface area contributed by atoms with Gasteiger partial charge in [0.2, 0.25) is 0 Å². The number of hydrogen-bond donors (Lipinski definition) is 0. The molecule has 0 amide bonds. The van der Waals surface area contributed by atoms with Gasteiger partial charge in [0.1, 0.15) is 6.79 Å². The van der Waals surface area contributed by atoms with E-state index in [9.17, 15) is 4.39 Å². The summed E-state index contributed by atoms with van der Waals surface area (Å²) in [6.45, 7) is 7.33. The van der Waals surface area contributed by atoms with E-state index < -0.39 is 11.2 Å². The summed E-state index contributed by atoms with van der Waals surface area (Å²) >= 11 is 5.67. The number of rotatable bonds is 1. The lowest BCUT2D eigenvalue weighted by atomic mass is 9.90. The first-order chi connectivity index (χ1) is 6.00. The molecule has 0 spiro atoms. The van der Waals surface area contributed by atoms with Crippen LogP contribution in [0.3, 0.4) is 0 Å². The fourth-order valence-corrected chi connectivity index (χ4v) is 1.76. The summed E-state index contributed by atoms with van der Waals surface area (Å²) in [5.41, 5.74) is -2.15. The highest BCUT2D eigenvalue weighted by molar-refractivity contribution is 6.20. The number of ether oxygens (including phenoxy) is 1. The van der Waals surface area contributed by atoms with E-state index in [-0.39, 0.29) is 12.0 Å². The molecule has 1 saturated heterocycles. The van der Waals surface area contributed by atoms with Gasteiger partial charge in [-0.3, -0.25) is 0 Å². The Morgan fingerprint density at radius 1 is 1.62 bits per heavy atom. The van der Waals surface area contributed by atoms with Gasteiger partial charge in [-0.2, -0.15) is 0 Å². The second-order valence-corrected chi connectivity index (χ2v) is 3.74. The first-order valence-electron chi connectivity index (χ1n) is 4.27. The van der Waals surface area contributed by atoms with Gasteiger partial charge in [-0.25, -0.2) is 4.39 Å². The maximum Gasteiger partial charge on any atom is 0.165 e. The Hall–Kier alpha value is -0.150. The molecule has 1 aliphatic heterocycles. The average molecular weight is 211 g/mol. The third-order valence-electron chi connectivity index (χ3n) is 2.59. The van der Waals surface area contributed by atoms with Crippen LogP contribution >= 0.6 is 11.6 Å². The van der Waals surface area contributed by atoms with E-state index in [1.807, 2.05) is 20.6 Å². The van der Waals surface area contributed by atoms with Crippen LogP contribution in [0, 0.1) is 5.92 Å². The summed E-state index contributed by atoms with van der Waals surface area (Å²) in [5, 5.41) is 0. The molecule has 0 saturated carbocycles. The summed E-state index contributed by atoms with van der Waals surface area (Å²) in [5.74, 6) is -0.102. The van der Waals surface area contributed by atoms with Crippen molar-refractivity contribution >= 4 is 18.4 Å². The van der Waals surface area contributed by atoms with Crippen LogP contribution in [0.25, 0.3) is 0 Å². The molecular formula is C9H16ClFO2. The Balaban J connectivity index is 0.000000671. The van der Waals surface area contributed by atoms with Crippen molar-refractivity contribution in [3.8, 4) is 0 Å². The normalized spacial score (nSPS) is 43.9.